The van der Waals surface area contributed by atoms with Crippen molar-refractivity contribution in [2.45, 2.75) is 0 Å². The van der Waals surface area contributed by atoms with Crippen molar-refractivity contribution in [3.05, 3.63) is 65.3 Å². The van der Waals surface area contributed by atoms with Gasteiger partial charge in [-0.05, 0) is 48.5 Å². The first-order chi connectivity index (χ1) is 9.78. The van der Waals surface area contributed by atoms with Gasteiger partial charge in [-0.3, -0.25) is 4.98 Å². The molecule has 0 radical (unpaired) electrons. The largest absolute Gasteiger partial charge is 0.354 e. The molecular weight excluding hydrogens is 270 g/mol. The molecular formula is C16H10ClN3. The average molecular weight is 280 g/mol. The molecule has 3 aromatic rings. The van der Waals surface area contributed by atoms with Crippen molar-refractivity contribution in [2.24, 2.45) is 0 Å². The summed E-state index contributed by atoms with van der Waals surface area (Å²) in [7, 11) is 0. The Kier molecular flexibility index (Phi) is 3.24. The molecule has 1 heterocycles. The summed E-state index contributed by atoms with van der Waals surface area (Å²) in [5, 5.41) is 13.7. The van der Waals surface area contributed by atoms with Crippen LogP contribution in [0.5, 0.6) is 0 Å². The minimum atomic E-state index is 0.634. The van der Waals surface area contributed by atoms with E-state index in [2.05, 4.69) is 16.4 Å². The van der Waals surface area contributed by atoms with Gasteiger partial charge in [0.1, 0.15) is 0 Å². The number of nitriles is 1. The van der Waals surface area contributed by atoms with E-state index < -0.39 is 0 Å². The molecule has 1 aromatic heterocycles. The van der Waals surface area contributed by atoms with Gasteiger partial charge in [0.25, 0.3) is 0 Å². The molecule has 2 aromatic carbocycles. The van der Waals surface area contributed by atoms with E-state index in [-0.39, 0.29) is 0 Å². The molecule has 0 atom stereocenters. The first-order valence-corrected chi connectivity index (χ1v) is 6.46. The highest BCUT2D eigenvalue weighted by molar-refractivity contribution is 6.35. The van der Waals surface area contributed by atoms with Crippen LogP contribution >= 0.6 is 11.6 Å². The monoisotopic (exact) mass is 279 g/mol. The summed E-state index contributed by atoms with van der Waals surface area (Å²) >= 11 is 6.17. The smallest absolute Gasteiger partial charge is 0.0991 e. The Morgan fingerprint density at radius 3 is 2.60 bits per heavy atom. The average Bonchev–Trinajstić information content (AvgIpc) is 2.51. The number of nitrogens with zero attached hydrogens (tertiary/aromatic N) is 2. The first kappa shape index (κ1) is 12.5. The second-order valence-corrected chi connectivity index (χ2v) is 4.72. The van der Waals surface area contributed by atoms with Crippen LogP contribution in [-0.2, 0) is 0 Å². The maximum atomic E-state index is 8.80. The van der Waals surface area contributed by atoms with Crippen LogP contribution in [0.15, 0.2) is 54.7 Å². The molecule has 0 unspecified atom stereocenters. The molecule has 0 saturated carbocycles. The maximum absolute atomic E-state index is 8.80. The van der Waals surface area contributed by atoms with Crippen molar-refractivity contribution in [1.82, 2.24) is 4.98 Å². The van der Waals surface area contributed by atoms with Crippen LogP contribution in [-0.4, -0.2) is 4.98 Å². The number of pyridine rings is 1. The molecule has 0 aliphatic heterocycles. The zero-order valence-corrected chi connectivity index (χ0v) is 11.2. The molecule has 0 bridgehead atoms. The lowest BCUT2D eigenvalue weighted by Crippen LogP contribution is -1.93. The number of fused-ring (bicyclic) bond motifs is 1. The number of nitrogens with one attached hydrogen (secondary N) is 1. The lowest BCUT2D eigenvalue weighted by molar-refractivity contribution is 1.40. The van der Waals surface area contributed by atoms with Gasteiger partial charge in [-0.15, -0.1) is 0 Å². The fourth-order valence-corrected chi connectivity index (χ4v) is 2.24. The van der Waals surface area contributed by atoms with Gasteiger partial charge in [-0.25, -0.2) is 0 Å². The van der Waals surface area contributed by atoms with Gasteiger partial charge < -0.3 is 5.32 Å². The third-order valence-electron chi connectivity index (χ3n) is 3.01. The summed E-state index contributed by atoms with van der Waals surface area (Å²) in [5.41, 5.74) is 3.24. The Morgan fingerprint density at radius 1 is 1.05 bits per heavy atom. The molecule has 1 N–H and O–H groups in total. The predicted octanol–water partition coefficient (Wildman–Crippen LogP) is 4.50. The quantitative estimate of drug-likeness (QED) is 0.751. The van der Waals surface area contributed by atoms with E-state index >= 15 is 0 Å². The Bertz CT molecular complexity index is 804. The van der Waals surface area contributed by atoms with E-state index in [1.54, 1.807) is 18.3 Å². The van der Waals surface area contributed by atoms with Crippen molar-refractivity contribution in [3.8, 4) is 6.07 Å². The zero-order valence-electron chi connectivity index (χ0n) is 10.5. The Labute approximate surface area is 121 Å². The molecule has 0 fully saturated rings. The van der Waals surface area contributed by atoms with Gasteiger partial charge in [0, 0.05) is 17.3 Å². The molecule has 0 amide bonds. The minimum Gasteiger partial charge on any atom is -0.354 e. The molecule has 4 heteroatoms. The topological polar surface area (TPSA) is 48.7 Å². The van der Waals surface area contributed by atoms with Gasteiger partial charge in [0.2, 0.25) is 0 Å². The Morgan fingerprint density at radius 2 is 1.85 bits per heavy atom. The van der Waals surface area contributed by atoms with Crippen LogP contribution in [0.4, 0.5) is 11.4 Å². The third kappa shape index (κ3) is 2.29. The highest BCUT2D eigenvalue weighted by atomic mass is 35.5. The SMILES string of the molecule is N#Cc1ccc(Nc2ccc(Cl)c3cccnc23)cc1. The summed E-state index contributed by atoms with van der Waals surface area (Å²) in [6.45, 7) is 0. The van der Waals surface area contributed by atoms with E-state index in [1.165, 1.54) is 0 Å². The van der Waals surface area contributed by atoms with Crippen LogP contribution in [0.1, 0.15) is 5.56 Å². The van der Waals surface area contributed by atoms with Crippen molar-refractivity contribution < 1.29 is 0 Å². The number of hydrogen-bond acceptors (Lipinski definition) is 3. The Hall–Kier alpha value is -2.57. The molecule has 0 aliphatic carbocycles. The summed E-state index contributed by atoms with van der Waals surface area (Å²) in [5.74, 6) is 0. The van der Waals surface area contributed by atoms with Gasteiger partial charge in [-0.2, -0.15) is 5.26 Å². The van der Waals surface area contributed by atoms with E-state index in [4.69, 9.17) is 16.9 Å². The predicted molar refractivity (Wildman–Crippen MR) is 81.2 cm³/mol. The van der Waals surface area contributed by atoms with Crippen LogP contribution in [0, 0.1) is 11.3 Å². The molecule has 3 rings (SSSR count). The number of rotatable bonds is 2. The number of benzene rings is 2. The normalized spacial score (nSPS) is 10.2. The fraction of sp³-hybridized carbons (Fsp3) is 0. The third-order valence-corrected chi connectivity index (χ3v) is 3.34. The van der Waals surface area contributed by atoms with Gasteiger partial charge in [0.05, 0.1) is 27.9 Å². The summed E-state index contributed by atoms with van der Waals surface area (Å²) in [6, 6.07) is 16.9. The molecule has 0 aliphatic rings. The van der Waals surface area contributed by atoms with Crippen LogP contribution in [0.2, 0.25) is 5.02 Å². The second-order valence-electron chi connectivity index (χ2n) is 4.31. The number of halogens is 1. The second kappa shape index (κ2) is 5.20. The minimum absolute atomic E-state index is 0.634. The van der Waals surface area contributed by atoms with Crippen molar-refractivity contribution >= 4 is 33.9 Å². The van der Waals surface area contributed by atoms with E-state index in [1.807, 2.05) is 36.4 Å². The molecule has 0 saturated heterocycles. The summed E-state index contributed by atoms with van der Waals surface area (Å²) in [6.07, 6.45) is 1.74. The van der Waals surface area contributed by atoms with Gasteiger partial charge in [0.15, 0.2) is 0 Å². The van der Waals surface area contributed by atoms with Crippen molar-refractivity contribution in [2.75, 3.05) is 5.32 Å². The standard InChI is InChI=1S/C16H10ClN3/c17-14-7-8-15(16-13(14)2-1-9-19-16)20-12-5-3-11(10-18)4-6-12/h1-9,20H. The summed E-state index contributed by atoms with van der Waals surface area (Å²) in [4.78, 5) is 4.37. The fourth-order valence-electron chi connectivity index (χ4n) is 2.02. The van der Waals surface area contributed by atoms with Crippen LogP contribution < -0.4 is 5.32 Å². The lowest BCUT2D eigenvalue weighted by atomic mass is 10.1. The number of aromatic nitrogens is 1. The maximum Gasteiger partial charge on any atom is 0.0991 e. The van der Waals surface area contributed by atoms with Gasteiger partial charge >= 0.3 is 0 Å². The van der Waals surface area contributed by atoms with Crippen molar-refractivity contribution in [3.63, 3.8) is 0 Å². The number of anilines is 2. The van der Waals surface area contributed by atoms with E-state index in [0.717, 1.165) is 22.3 Å². The molecule has 20 heavy (non-hydrogen) atoms. The lowest BCUT2D eigenvalue weighted by Gasteiger charge is -2.10. The molecule has 3 nitrogen and oxygen atoms in total. The highest BCUT2D eigenvalue weighted by Gasteiger charge is 2.05. The van der Waals surface area contributed by atoms with Gasteiger partial charge in [-0.1, -0.05) is 11.6 Å². The number of hydrogen-bond donors (Lipinski definition) is 1. The zero-order chi connectivity index (χ0) is 13.9. The van der Waals surface area contributed by atoms with Crippen LogP contribution in [0.3, 0.4) is 0 Å². The van der Waals surface area contributed by atoms with E-state index in [9.17, 15) is 0 Å². The first-order valence-electron chi connectivity index (χ1n) is 6.08. The Balaban J connectivity index is 2.02. The summed E-state index contributed by atoms with van der Waals surface area (Å²) < 4.78 is 0. The van der Waals surface area contributed by atoms with Crippen LogP contribution in [0.25, 0.3) is 10.9 Å². The molecule has 0 spiro atoms. The highest BCUT2D eigenvalue weighted by Crippen LogP contribution is 2.29. The van der Waals surface area contributed by atoms with E-state index in [0.29, 0.717) is 10.6 Å². The molecule has 96 valence electrons. The van der Waals surface area contributed by atoms with Crippen molar-refractivity contribution in [1.29, 1.82) is 5.26 Å².